The summed E-state index contributed by atoms with van der Waals surface area (Å²) in [5.41, 5.74) is 8.13. The van der Waals surface area contributed by atoms with E-state index >= 15 is 0 Å². The summed E-state index contributed by atoms with van der Waals surface area (Å²) in [7, 11) is 0. The van der Waals surface area contributed by atoms with Gasteiger partial charge in [0.15, 0.2) is 0 Å². The van der Waals surface area contributed by atoms with E-state index in [0.717, 1.165) is 49.3 Å². The number of primary amides is 1. The van der Waals surface area contributed by atoms with Crippen molar-refractivity contribution < 1.29 is 9.59 Å². The molecule has 1 heterocycles. The molecule has 0 radical (unpaired) electrons. The molecule has 6 heteroatoms. The van der Waals surface area contributed by atoms with Gasteiger partial charge in [-0.1, -0.05) is 36.4 Å². The van der Waals surface area contributed by atoms with E-state index in [2.05, 4.69) is 10.6 Å². The molecular formula is C23H30N4O2. The van der Waals surface area contributed by atoms with E-state index in [9.17, 15) is 9.59 Å². The van der Waals surface area contributed by atoms with Crippen LogP contribution in [0.4, 0.5) is 11.4 Å². The number of anilines is 2. The summed E-state index contributed by atoms with van der Waals surface area (Å²) in [5.74, 6) is 0.271. The van der Waals surface area contributed by atoms with Gasteiger partial charge < -0.3 is 21.3 Å². The van der Waals surface area contributed by atoms with Gasteiger partial charge in [0.2, 0.25) is 11.8 Å². The van der Waals surface area contributed by atoms with Crippen LogP contribution >= 0.6 is 0 Å². The van der Waals surface area contributed by atoms with Crippen LogP contribution in [0.2, 0.25) is 0 Å². The topological polar surface area (TPSA) is 87.5 Å². The molecule has 0 bridgehead atoms. The van der Waals surface area contributed by atoms with Crippen molar-refractivity contribution in [3.63, 3.8) is 0 Å². The molecular weight excluding hydrogens is 364 g/mol. The second kappa shape index (κ2) is 10.6. The SMILES string of the molecule is NC(=O)CN(Cc1ccccc1)c1cccc(NC(=O)CCC2CCNCC2)c1. The van der Waals surface area contributed by atoms with Crippen molar-refractivity contribution in [2.45, 2.75) is 32.2 Å². The first-order chi connectivity index (χ1) is 14.1. The number of piperidine rings is 1. The van der Waals surface area contributed by atoms with Crippen LogP contribution in [-0.2, 0) is 16.1 Å². The molecule has 2 aromatic carbocycles. The Balaban J connectivity index is 1.62. The number of carbonyl (C=O) groups is 2. The monoisotopic (exact) mass is 394 g/mol. The fourth-order valence-corrected chi connectivity index (χ4v) is 3.74. The first-order valence-corrected chi connectivity index (χ1v) is 10.3. The molecule has 0 unspecified atom stereocenters. The zero-order valence-electron chi connectivity index (χ0n) is 16.8. The molecule has 0 aliphatic carbocycles. The van der Waals surface area contributed by atoms with Crippen molar-refractivity contribution in [3.05, 3.63) is 60.2 Å². The average molecular weight is 395 g/mol. The van der Waals surface area contributed by atoms with Gasteiger partial charge in [0.05, 0.1) is 6.54 Å². The molecule has 4 N–H and O–H groups in total. The number of carbonyl (C=O) groups excluding carboxylic acids is 2. The lowest BCUT2D eigenvalue weighted by Crippen LogP contribution is -2.33. The molecule has 1 aliphatic heterocycles. The number of nitrogens with one attached hydrogen (secondary N) is 2. The molecule has 6 nitrogen and oxygen atoms in total. The molecule has 2 amide bonds. The van der Waals surface area contributed by atoms with Crippen molar-refractivity contribution in [1.29, 1.82) is 0 Å². The highest BCUT2D eigenvalue weighted by Gasteiger charge is 2.15. The maximum atomic E-state index is 12.4. The molecule has 3 rings (SSSR count). The van der Waals surface area contributed by atoms with Gasteiger partial charge in [-0.3, -0.25) is 9.59 Å². The van der Waals surface area contributed by atoms with Crippen LogP contribution in [0.5, 0.6) is 0 Å². The molecule has 0 saturated carbocycles. The maximum absolute atomic E-state index is 12.4. The van der Waals surface area contributed by atoms with Gasteiger partial charge in [-0.15, -0.1) is 0 Å². The van der Waals surface area contributed by atoms with E-state index in [1.165, 1.54) is 0 Å². The van der Waals surface area contributed by atoms with E-state index in [-0.39, 0.29) is 12.5 Å². The molecule has 1 fully saturated rings. The number of hydrogen-bond acceptors (Lipinski definition) is 4. The summed E-state index contributed by atoms with van der Waals surface area (Å²) in [4.78, 5) is 25.9. The van der Waals surface area contributed by atoms with Crippen molar-refractivity contribution in [2.75, 3.05) is 29.9 Å². The summed E-state index contributed by atoms with van der Waals surface area (Å²) < 4.78 is 0. The molecule has 2 aromatic rings. The Morgan fingerprint density at radius 3 is 2.55 bits per heavy atom. The third-order valence-corrected chi connectivity index (χ3v) is 5.30. The van der Waals surface area contributed by atoms with Gasteiger partial charge in [-0.05, 0) is 62.0 Å². The highest BCUT2D eigenvalue weighted by molar-refractivity contribution is 5.91. The zero-order valence-corrected chi connectivity index (χ0v) is 16.8. The Labute approximate surface area is 172 Å². The number of nitrogens with zero attached hydrogens (tertiary/aromatic N) is 1. The standard InChI is InChI=1S/C23H30N4O2/c24-22(28)17-27(16-19-5-2-1-3-6-19)21-8-4-7-20(15-21)26-23(29)10-9-18-11-13-25-14-12-18/h1-8,15,18,25H,9-14,16-17H2,(H2,24,28)(H,26,29). The van der Waals surface area contributed by atoms with E-state index in [4.69, 9.17) is 5.73 Å². The second-order valence-electron chi connectivity index (χ2n) is 7.64. The number of amides is 2. The van der Waals surface area contributed by atoms with Gasteiger partial charge in [-0.2, -0.15) is 0 Å². The zero-order chi connectivity index (χ0) is 20.5. The second-order valence-corrected chi connectivity index (χ2v) is 7.64. The summed E-state index contributed by atoms with van der Waals surface area (Å²) in [6, 6.07) is 17.5. The Kier molecular flexibility index (Phi) is 7.64. The minimum Gasteiger partial charge on any atom is -0.368 e. The highest BCUT2D eigenvalue weighted by atomic mass is 16.2. The van der Waals surface area contributed by atoms with E-state index in [1.807, 2.05) is 59.5 Å². The quantitative estimate of drug-likeness (QED) is 0.610. The number of hydrogen-bond donors (Lipinski definition) is 3. The van der Waals surface area contributed by atoms with E-state index in [1.54, 1.807) is 0 Å². The lowest BCUT2D eigenvalue weighted by Gasteiger charge is -2.24. The van der Waals surface area contributed by atoms with Crippen LogP contribution in [-0.4, -0.2) is 31.4 Å². The lowest BCUT2D eigenvalue weighted by atomic mass is 9.93. The maximum Gasteiger partial charge on any atom is 0.236 e. The molecule has 0 aromatic heterocycles. The van der Waals surface area contributed by atoms with Crippen molar-refractivity contribution >= 4 is 23.2 Å². The fraction of sp³-hybridized carbons (Fsp3) is 0.391. The Bertz CT molecular complexity index is 804. The Morgan fingerprint density at radius 2 is 1.83 bits per heavy atom. The third-order valence-electron chi connectivity index (χ3n) is 5.30. The predicted octanol–water partition coefficient (Wildman–Crippen LogP) is 2.90. The summed E-state index contributed by atoms with van der Waals surface area (Å²) in [5, 5.41) is 6.35. The van der Waals surface area contributed by atoms with Crippen molar-refractivity contribution in [3.8, 4) is 0 Å². The molecule has 1 aliphatic rings. The lowest BCUT2D eigenvalue weighted by molar-refractivity contribution is -0.117. The molecule has 1 saturated heterocycles. The predicted molar refractivity (Wildman–Crippen MR) is 117 cm³/mol. The third kappa shape index (κ3) is 6.91. The van der Waals surface area contributed by atoms with Crippen LogP contribution < -0.4 is 21.3 Å². The van der Waals surface area contributed by atoms with Gasteiger partial charge >= 0.3 is 0 Å². The highest BCUT2D eigenvalue weighted by Crippen LogP contribution is 2.23. The Morgan fingerprint density at radius 1 is 1.07 bits per heavy atom. The van der Waals surface area contributed by atoms with E-state index in [0.29, 0.717) is 18.9 Å². The van der Waals surface area contributed by atoms with Crippen LogP contribution in [0.1, 0.15) is 31.2 Å². The van der Waals surface area contributed by atoms with E-state index < -0.39 is 5.91 Å². The minimum absolute atomic E-state index is 0.0326. The number of rotatable bonds is 9. The Hall–Kier alpha value is -2.86. The van der Waals surface area contributed by atoms with Gasteiger partial charge in [0, 0.05) is 24.3 Å². The van der Waals surface area contributed by atoms with Crippen molar-refractivity contribution in [1.82, 2.24) is 5.32 Å². The molecule has 29 heavy (non-hydrogen) atoms. The normalized spacial score (nSPS) is 14.3. The van der Waals surface area contributed by atoms with Crippen molar-refractivity contribution in [2.24, 2.45) is 11.7 Å². The van der Waals surface area contributed by atoms with Gasteiger partial charge in [0.25, 0.3) is 0 Å². The first-order valence-electron chi connectivity index (χ1n) is 10.3. The summed E-state index contributed by atoms with van der Waals surface area (Å²) >= 11 is 0. The van der Waals surface area contributed by atoms with Gasteiger partial charge in [-0.25, -0.2) is 0 Å². The van der Waals surface area contributed by atoms with Gasteiger partial charge in [0.1, 0.15) is 0 Å². The molecule has 0 spiro atoms. The number of benzene rings is 2. The molecule has 154 valence electrons. The minimum atomic E-state index is -0.391. The smallest absolute Gasteiger partial charge is 0.236 e. The molecule has 0 atom stereocenters. The average Bonchev–Trinajstić information content (AvgIpc) is 2.73. The van der Waals surface area contributed by atoms with Crippen LogP contribution in [0.3, 0.4) is 0 Å². The largest absolute Gasteiger partial charge is 0.368 e. The number of nitrogens with two attached hydrogens (primary N) is 1. The fourth-order valence-electron chi connectivity index (χ4n) is 3.74. The summed E-state index contributed by atoms with van der Waals surface area (Å²) in [6.45, 7) is 2.77. The van der Waals surface area contributed by atoms with Crippen LogP contribution in [0.25, 0.3) is 0 Å². The van der Waals surface area contributed by atoms with Crippen LogP contribution in [0, 0.1) is 5.92 Å². The van der Waals surface area contributed by atoms with Crippen LogP contribution in [0.15, 0.2) is 54.6 Å². The first kappa shape index (κ1) is 20.9. The summed E-state index contributed by atoms with van der Waals surface area (Å²) in [6.07, 6.45) is 3.74.